The van der Waals surface area contributed by atoms with Gasteiger partial charge in [-0.15, -0.1) is 0 Å². The number of ether oxygens (including phenoxy) is 2. The van der Waals surface area contributed by atoms with Crippen molar-refractivity contribution in [3.8, 4) is 11.5 Å². The first-order chi connectivity index (χ1) is 13.9. The highest BCUT2D eigenvalue weighted by atomic mass is 35.5. The average molecular weight is 433 g/mol. The molecule has 6 nitrogen and oxygen atoms in total. The maximum absolute atomic E-state index is 13.4. The Kier molecular flexibility index (Phi) is 6.74. The van der Waals surface area contributed by atoms with Crippen LogP contribution in [0.15, 0.2) is 71.8 Å². The Morgan fingerprint density at radius 3 is 1.76 bits per heavy atom. The fourth-order valence-electron chi connectivity index (χ4n) is 2.80. The van der Waals surface area contributed by atoms with E-state index in [4.69, 9.17) is 21.1 Å². The molecule has 3 aromatic rings. The van der Waals surface area contributed by atoms with E-state index in [-0.39, 0.29) is 23.1 Å². The van der Waals surface area contributed by atoms with Gasteiger partial charge in [-0.25, -0.2) is 13.4 Å². The number of methoxy groups -OCH3 is 2. The second kappa shape index (κ2) is 9.26. The summed E-state index contributed by atoms with van der Waals surface area (Å²) in [6, 6.07) is 17.5. The van der Waals surface area contributed by atoms with Crippen molar-refractivity contribution in [2.45, 2.75) is 18.0 Å². The highest BCUT2D eigenvalue weighted by molar-refractivity contribution is 7.89. The molecule has 3 rings (SSSR count). The molecule has 0 fully saturated rings. The Bertz CT molecular complexity index is 1010. The lowest BCUT2D eigenvalue weighted by atomic mass is 10.2. The van der Waals surface area contributed by atoms with Gasteiger partial charge in [0.05, 0.1) is 14.2 Å². The quantitative estimate of drug-likeness (QED) is 0.500. The predicted molar refractivity (Wildman–Crippen MR) is 112 cm³/mol. The van der Waals surface area contributed by atoms with E-state index in [9.17, 15) is 8.42 Å². The van der Waals surface area contributed by atoms with Gasteiger partial charge < -0.3 is 9.47 Å². The van der Waals surface area contributed by atoms with E-state index < -0.39 is 10.0 Å². The van der Waals surface area contributed by atoms with Crippen molar-refractivity contribution in [2.24, 2.45) is 0 Å². The van der Waals surface area contributed by atoms with Crippen LogP contribution < -0.4 is 9.47 Å². The summed E-state index contributed by atoms with van der Waals surface area (Å²) < 4.78 is 38.4. The number of benzene rings is 2. The van der Waals surface area contributed by atoms with Gasteiger partial charge in [-0.2, -0.15) is 4.31 Å². The van der Waals surface area contributed by atoms with Gasteiger partial charge in [0.1, 0.15) is 21.5 Å². The van der Waals surface area contributed by atoms with Gasteiger partial charge in [-0.05, 0) is 47.5 Å². The summed E-state index contributed by atoms with van der Waals surface area (Å²) in [5.74, 6) is 1.40. The van der Waals surface area contributed by atoms with E-state index in [1.54, 1.807) is 44.6 Å². The zero-order chi connectivity index (χ0) is 20.9. The summed E-state index contributed by atoms with van der Waals surface area (Å²) >= 11 is 6.09. The summed E-state index contributed by atoms with van der Waals surface area (Å²) in [6.07, 6.45) is 1.46. The SMILES string of the molecule is COc1ccc(CN(Cc2ccc(OC)cc2)S(=O)(=O)c2cccnc2Cl)cc1. The third kappa shape index (κ3) is 5.06. The largest absolute Gasteiger partial charge is 0.497 e. The van der Waals surface area contributed by atoms with Crippen molar-refractivity contribution in [1.82, 2.24) is 9.29 Å². The van der Waals surface area contributed by atoms with Gasteiger partial charge >= 0.3 is 0 Å². The van der Waals surface area contributed by atoms with Gasteiger partial charge in [0.15, 0.2) is 0 Å². The predicted octanol–water partition coefficient (Wildman–Crippen LogP) is 4.14. The Balaban J connectivity index is 1.96. The summed E-state index contributed by atoms with van der Waals surface area (Å²) in [5.41, 5.74) is 1.64. The van der Waals surface area contributed by atoms with Crippen LogP contribution in [0, 0.1) is 0 Å². The third-order valence-electron chi connectivity index (χ3n) is 4.38. The second-order valence-corrected chi connectivity index (χ2v) is 8.53. The molecule has 2 aromatic carbocycles. The Hall–Kier alpha value is -2.61. The first-order valence-corrected chi connectivity index (χ1v) is 10.6. The Labute approximate surface area is 175 Å². The number of hydrogen-bond donors (Lipinski definition) is 0. The summed E-state index contributed by atoms with van der Waals surface area (Å²) in [5, 5.41) is -0.0537. The normalized spacial score (nSPS) is 11.4. The molecule has 8 heteroatoms. The van der Waals surface area contributed by atoms with E-state index in [2.05, 4.69) is 4.98 Å². The van der Waals surface area contributed by atoms with Crippen LogP contribution in [0.4, 0.5) is 0 Å². The number of halogens is 1. The number of nitrogens with zero attached hydrogens (tertiary/aromatic N) is 2. The number of aromatic nitrogens is 1. The Morgan fingerprint density at radius 1 is 0.862 bits per heavy atom. The van der Waals surface area contributed by atoms with Crippen LogP contribution in [0.1, 0.15) is 11.1 Å². The van der Waals surface area contributed by atoms with Crippen molar-refractivity contribution < 1.29 is 17.9 Å². The van der Waals surface area contributed by atoms with E-state index in [1.165, 1.54) is 16.6 Å². The summed E-state index contributed by atoms with van der Waals surface area (Å²) in [6.45, 7) is 0.340. The van der Waals surface area contributed by atoms with E-state index in [0.29, 0.717) is 11.5 Å². The molecule has 0 radical (unpaired) electrons. The monoisotopic (exact) mass is 432 g/mol. The van der Waals surface area contributed by atoms with Crippen LogP contribution in [0.5, 0.6) is 11.5 Å². The number of sulfonamides is 1. The molecule has 0 saturated heterocycles. The van der Waals surface area contributed by atoms with Crippen molar-refractivity contribution in [3.63, 3.8) is 0 Å². The molecule has 0 aliphatic heterocycles. The first-order valence-electron chi connectivity index (χ1n) is 8.80. The number of pyridine rings is 1. The molecule has 0 bridgehead atoms. The molecule has 0 atom stereocenters. The number of rotatable bonds is 8. The maximum atomic E-state index is 13.4. The minimum atomic E-state index is -3.88. The van der Waals surface area contributed by atoms with Crippen LogP contribution in [0.2, 0.25) is 5.15 Å². The molecular formula is C21H21ClN2O4S. The van der Waals surface area contributed by atoms with Crippen molar-refractivity contribution in [3.05, 3.63) is 83.1 Å². The molecule has 1 heterocycles. The molecule has 0 aliphatic rings. The fraction of sp³-hybridized carbons (Fsp3) is 0.190. The van der Waals surface area contributed by atoms with Crippen molar-refractivity contribution >= 4 is 21.6 Å². The number of hydrogen-bond acceptors (Lipinski definition) is 5. The minimum absolute atomic E-state index is 0.0244. The highest BCUT2D eigenvalue weighted by Gasteiger charge is 2.27. The van der Waals surface area contributed by atoms with E-state index in [0.717, 1.165) is 11.1 Å². The van der Waals surface area contributed by atoms with Crippen LogP contribution in [-0.2, 0) is 23.1 Å². The second-order valence-electron chi connectivity index (χ2n) is 6.26. The highest BCUT2D eigenvalue weighted by Crippen LogP contribution is 2.26. The molecule has 0 saturated carbocycles. The average Bonchev–Trinajstić information content (AvgIpc) is 2.74. The third-order valence-corrected chi connectivity index (χ3v) is 6.62. The summed E-state index contributed by atoms with van der Waals surface area (Å²) in [7, 11) is -0.717. The molecule has 29 heavy (non-hydrogen) atoms. The lowest BCUT2D eigenvalue weighted by Gasteiger charge is -2.23. The standard InChI is InChI=1S/C21H21ClN2O4S/c1-27-18-9-5-16(6-10-18)14-24(15-17-7-11-19(28-2)12-8-17)29(25,26)20-4-3-13-23-21(20)22/h3-13H,14-15H2,1-2H3. The van der Waals surface area contributed by atoms with Gasteiger partial charge in [0.2, 0.25) is 10.0 Å². The first kappa shape index (κ1) is 21.1. The zero-order valence-corrected chi connectivity index (χ0v) is 17.7. The van der Waals surface area contributed by atoms with E-state index >= 15 is 0 Å². The minimum Gasteiger partial charge on any atom is -0.497 e. The van der Waals surface area contributed by atoms with Crippen LogP contribution in [0.3, 0.4) is 0 Å². The molecule has 0 spiro atoms. The molecule has 0 amide bonds. The van der Waals surface area contributed by atoms with Crippen molar-refractivity contribution in [1.29, 1.82) is 0 Å². The molecular weight excluding hydrogens is 412 g/mol. The summed E-state index contributed by atoms with van der Waals surface area (Å²) in [4.78, 5) is 3.89. The molecule has 0 unspecified atom stereocenters. The van der Waals surface area contributed by atoms with Gasteiger partial charge in [-0.3, -0.25) is 0 Å². The van der Waals surface area contributed by atoms with Gasteiger partial charge in [0, 0.05) is 19.3 Å². The molecule has 0 aliphatic carbocycles. The lowest BCUT2D eigenvalue weighted by molar-refractivity contribution is 0.397. The maximum Gasteiger partial charge on any atom is 0.246 e. The van der Waals surface area contributed by atoms with Gasteiger partial charge in [-0.1, -0.05) is 35.9 Å². The fourth-order valence-corrected chi connectivity index (χ4v) is 4.64. The van der Waals surface area contributed by atoms with Crippen LogP contribution in [-0.4, -0.2) is 31.9 Å². The van der Waals surface area contributed by atoms with Crippen molar-refractivity contribution in [2.75, 3.05) is 14.2 Å². The molecule has 152 valence electrons. The smallest absolute Gasteiger partial charge is 0.246 e. The Morgan fingerprint density at radius 2 is 1.34 bits per heavy atom. The lowest BCUT2D eigenvalue weighted by Crippen LogP contribution is -2.30. The van der Waals surface area contributed by atoms with Gasteiger partial charge in [0.25, 0.3) is 0 Å². The topological polar surface area (TPSA) is 68.7 Å². The van der Waals surface area contributed by atoms with E-state index in [1.807, 2.05) is 24.3 Å². The zero-order valence-electron chi connectivity index (χ0n) is 16.1. The van der Waals surface area contributed by atoms with Crippen LogP contribution in [0.25, 0.3) is 0 Å². The van der Waals surface area contributed by atoms with Crippen LogP contribution >= 0.6 is 11.6 Å². The molecule has 0 N–H and O–H groups in total. The molecule has 1 aromatic heterocycles.